The maximum atomic E-state index is 13.3. The third-order valence-electron chi connectivity index (χ3n) is 3.54. The Kier molecular flexibility index (Phi) is 3.46. The lowest BCUT2D eigenvalue weighted by Gasteiger charge is -2.29. The van der Waals surface area contributed by atoms with Crippen LogP contribution in [0, 0.1) is 5.82 Å². The summed E-state index contributed by atoms with van der Waals surface area (Å²) >= 11 is 0. The van der Waals surface area contributed by atoms with Crippen LogP contribution in [-0.4, -0.2) is 17.4 Å². The fourth-order valence-corrected chi connectivity index (χ4v) is 2.60. The molecule has 0 atom stereocenters. The molecule has 1 aliphatic rings. The van der Waals surface area contributed by atoms with Crippen LogP contribution in [0.1, 0.15) is 17.5 Å². The first-order valence-corrected chi connectivity index (χ1v) is 6.72. The number of pyridine rings is 1. The van der Waals surface area contributed by atoms with E-state index in [1.54, 1.807) is 23.4 Å². The summed E-state index contributed by atoms with van der Waals surface area (Å²) in [5.41, 5.74) is 2.65. The lowest BCUT2D eigenvalue weighted by molar-refractivity contribution is -0.118. The third kappa shape index (κ3) is 2.54. The SMILES string of the molecule is O=C(Cc1cccnc1)N1CCCc2cc(F)ccc21. The van der Waals surface area contributed by atoms with E-state index >= 15 is 0 Å². The minimum atomic E-state index is -0.245. The van der Waals surface area contributed by atoms with Crippen molar-refractivity contribution in [1.29, 1.82) is 0 Å². The fourth-order valence-electron chi connectivity index (χ4n) is 2.60. The van der Waals surface area contributed by atoms with Crippen molar-refractivity contribution in [2.24, 2.45) is 0 Å². The van der Waals surface area contributed by atoms with E-state index in [1.807, 2.05) is 12.1 Å². The van der Waals surface area contributed by atoms with E-state index in [2.05, 4.69) is 4.98 Å². The van der Waals surface area contributed by atoms with Crippen LogP contribution >= 0.6 is 0 Å². The second kappa shape index (κ2) is 5.41. The maximum Gasteiger partial charge on any atom is 0.231 e. The first-order chi connectivity index (χ1) is 9.74. The molecule has 0 N–H and O–H groups in total. The zero-order valence-electron chi connectivity index (χ0n) is 11.1. The average Bonchev–Trinajstić information content (AvgIpc) is 2.47. The number of aryl methyl sites for hydroxylation is 1. The Hall–Kier alpha value is -2.23. The minimum absolute atomic E-state index is 0.0329. The molecule has 1 amide bonds. The summed E-state index contributed by atoms with van der Waals surface area (Å²) in [5, 5.41) is 0. The van der Waals surface area contributed by atoms with Crippen molar-refractivity contribution in [3.8, 4) is 0 Å². The first kappa shape index (κ1) is 12.8. The van der Waals surface area contributed by atoms with Gasteiger partial charge < -0.3 is 4.90 Å². The van der Waals surface area contributed by atoms with E-state index in [1.165, 1.54) is 12.1 Å². The van der Waals surface area contributed by atoms with Gasteiger partial charge in [-0.15, -0.1) is 0 Å². The van der Waals surface area contributed by atoms with Gasteiger partial charge in [-0.3, -0.25) is 9.78 Å². The van der Waals surface area contributed by atoms with Gasteiger partial charge in [-0.25, -0.2) is 4.39 Å². The normalized spacial score (nSPS) is 13.9. The van der Waals surface area contributed by atoms with Gasteiger partial charge >= 0.3 is 0 Å². The van der Waals surface area contributed by atoms with Gasteiger partial charge in [0, 0.05) is 24.6 Å². The van der Waals surface area contributed by atoms with Gasteiger partial charge in [-0.05, 0) is 48.2 Å². The number of aromatic nitrogens is 1. The Morgan fingerprint density at radius 2 is 2.25 bits per heavy atom. The molecule has 102 valence electrons. The number of halogens is 1. The van der Waals surface area contributed by atoms with Crippen molar-refractivity contribution >= 4 is 11.6 Å². The molecular formula is C16H15FN2O. The van der Waals surface area contributed by atoms with Crippen molar-refractivity contribution in [2.75, 3.05) is 11.4 Å². The van der Waals surface area contributed by atoms with Crippen LogP contribution in [0.15, 0.2) is 42.7 Å². The molecule has 0 unspecified atom stereocenters. The van der Waals surface area contributed by atoms with Crippen LogP contribution in [0.4, 0.5) is 10.1 Å². The van der Waals surface area contributed by atoms with Crippen LogP contribution in [0.3, 0.4) is 0 Å². The highest BCUT2D eigenvalue weighted by Crippen LogP contribution is 2.28. The molecule has 0 fully saturated rings. The standard InChI is InChI=1S/C16H15FN2O/c17-14-5-6-15-13(10-14)4-2-8-19(15)16(20)9-12-3-1-7-18-11-12/h1,3,5-7,10-11H,2,4,8-9H2. The molecule has 4 heteroatoms. The molecule has 3 rings (SSSR count). The fraction of sp³-hybridized carbons (Fsp3) is 0.250. The average molecular weight is 270 g/mol. The summed E-state index contributed by atoms with van der Waals surface area (Å²) < 4.78 is 13.3. The summed E-state index contributed by atoms with van der Waals surface area (Å²) in [6.45, 7) is 0.692. The van der Waals surface area contributed by atoms with E-state index in [4.69, 9.17) is 0 Å². The van der Waals surface area contributed by atoms with Gasteiger partial charge in [0.2, 0.25) is 5.91 Å². The number of nitrogens with zero attached hydrogens (tertiary/aromatic N) is 2. The van der Waals surface area contributed by atoms with E-state index in [0.717, 1.165) is 29.7 Å². The number of hydrogen-bond donors (Lipinski definition) is 0. The molecule has 0 spiro atoms. The monoisotopic (exact) mass is 270 g/mol. The highest BCUT2D eigenvalue weighted by atomic mass is 19.1. The third-order valence-corrected chi connectivity index (χ3v) is 3.54. The Morgan fingerprint density at radius 1 is 1.35 bits per heavy atom. The molecule has 1 aromatic heterocycles. The smallest absolute Gasteiger partial charge is 0.231 e. The van der Waals surface area contributed by atoms with E-state index < -0.39 is 0 Å². The predicted octanol–water partition coefficient (Wildman–Crippen LogP) is 2.74. The molecule has 1 aromatic carbocycles. The van der Waals surface area contributed by atoms with Gasteiger partial charge in [0.1, 0.15) is 5.82 Å². The molecule has 0 aliphatic carbocycles. The van der Waals surface area contributed by atoms with Crippen molar-refractivity contribution in [1.82, 2.24) is 4.98 Å². The topological polar surface area (TPSA) is 33.2 Å². The van der Waals surface area contributed by atoms with Crippen molar-refractivity contribution in [3.63, 3.8) is 0 Å². The zero-order valence-corrected chi connectivity index (χ0v) is 11.1. The van der Waals surface area contributed by atoms with E-state index in [-0.39, 0.29) is 11.7 Å². The summed E-state index contributed by atoms with van der Waals surface area (Å²) in [6.07, 6.45) is 5.41. The number of rotatable bonds is 2. The predicted molar refractivity (Wildman–Crippen MR) is 75.0 cm³/mol. The highest BCUT2D eigenvalue weighted by Gasteiger charge is 2.22. The largest absolute Gasteiger partial charge is 0.312 e. The Bertz CT molecular complexity index is 628. The number of carbonyl (C=O) groups is 1. The van der Waals surface area contributed by atoms with Crippen molar-refractivity contribution in [2.45, 2.75) is 19.3 Å². The second-order valence-corrected chi connectivity index (χ2v) is 4.96. The molecule has 0 saturated heterocycles. The van der Waals surface area contributed by atoms with Crippen LogP contribution in [-0.2, 0) is 17.6 Å². The first-order valence-electron chi connectivity index (χ1n) is 6.72. The molecule has 20 heavy (non-hydrogen) atoms. The molecule has 0 bridgehead atoms. The number of hydrogen-bond acceptors (Lipinski definition) is 2. The van der Waals surface area contributed by atoms with E-state index in [9.17, 15) is 9.18 Å². The molecule has 1 aliphatic heterocycles. The van der Waals surface area contributed by atoms with Crippen LogP contribution in [0.25, 0.3) is 0 Å². The van der Waals surface area contributed by atoms with Crippen molar-refractivity contribution in [3.05, 3.63) is 59.7 Å². The molecule has 0 saturated carbocycles. The summed E-state index contributed by atoms with van der Waals surface area (Å²) in [7, 11) is 0. The summed E-state index contributed by atoms with van der Waals surface area (Å²) in [6, 6.07) is 8.35. The Labute approximate surface area is 117 Å². The molecule has 2 aromatic rings. The number of amides is 1. The van der Waals surface area contributed by atoms with Crippen LogP contribution < -0.4 is 4.90 Å². The molecule has 2 heterocycles. The minimum Gasteiger partial charge on any atom is -0.312 e. The maximum absolute atomic E-state index is 13.3. The molecule has 3 nitrogen and oxygen atoms in total. The lowest BCUT2D eigenvalue weighted by atomic mass is 10.0. The van der Waals surface area contributed by atoms with Crippen LogP contribution in [0.2, 0.25) is 0 Å². The van der Waals surface area contributed by atoms with Gasteiger partial charge in [-0.1, -0.05) is 6.07 Å². The summed E-state index contributed by atoms with van der Waals surface area (Å²) in [5.74, 6) is -0.212. The molecular weight excluding hydrogens is 255 g/mol. The zero-order chi connectivity index (χ0) is 13.9. The van der Waals surface area contributed by atoms with Gasteiger partial charge in [0.25, 0.3) is 0 Å². The number of fused-ring (bicyclic) bond motifs is 1. The Balaban J connectivity index is 1.83. The van der Waals surface area contributed by atoms with Crippen LogP contribution in [0.5, 0.6) is 0 Å². The van der Waals surface area contributed by atoms with E-state index in [0.29, 0.717) is 13.0 Å². The number of benzene rings is 1. The Morgan fingerprint density at radius 3 is 3.05 bits per heavy atom. The number of carbonyl (C=O) groups excluding carboxylic acids is 1. The highest BCUT2D eigenvalue weighted by molar-refractivity contribution is 5.95. The van der Waals surface area contributed by atoms with Crippen molar-refractivity contribution < 1.29 is 9.18 Å². The quantitative estimate of drug-likeness (QED) is 0.840. The lowest BCUT2D eigenvalue weighted by Crippen LogP contribution is -2.36. The summed E-state index contributed by atoms with van der Waals surface area (Å²) in [4.78, 5) is 18.2. The van der Waals surface area contributed by atoms with Gasteiger partial charge in [0.05, 0.1) is 6.42 Å². The second-order valence-electron chi connectivity index (χ2n) is 4.96. The van der Waals surface area contributed by atoms with Gasteiger partial charge in [-0.2, -0.15) is 0 Å². The number of anilines is 1. The molecule has 0 radical (unpaired) electrons. The van der Waals surface area contributed by atoms with Gasteiger partial charge in [0.15, 0.2) is 0 Å².